The minimum atomic E-state index is 0.259. The normalized spacial score (nSPS) is 26.7. The third-order valence-electron chi connectivity index (χ3n) is 3.56. The molecule has 1 heterocycles. The molecule has 1 saturated carbocycles. The monoisotopic (exact) mass is 222 g/mol. The maximum atomic E-state index is 6.25. The Kier molecular flexibility index (Phi) is 3.59. The first-order valence-electron chi connectivity index (χ1n) is 6.37. The molecule has 0 saturated heterocycles. The molecule has 1 aromatic heterocycles. The first kappa shape index (κ1) is 11.6. The maximum absolute atomic E-state index is 6.25. The molecule has 0 radical (unpaired) electrons. The van der Waals surface area contributed by atoms with Gasteiger partial charge in [-0.25, -0.2) is 4.98 Å². The lowest BCUT2D eigenvalue weighted by Gasteiger charge is -2.19. The molecule has 1 aliphatic rings. The summed E-state index contributed by atoms with van der Waals surface area (Å²) >= 11 is 0. The third kappa shape index (κ3) is 2.26. The number of rotatable bonds is 2. The van der Waals surface area contributed by atoms with Gasteiger partial charge in [0.25, 0.3) is 0 Å². The van der Waals surface area contributed by atoms with Gasteiger partial charge in [-0.3, -0.25) is 4.68 Å². The summed E-state index contributed by atoms with van der Waals surface area (Å²) in [4.78, 5) is 4.62. The zero-order valence-corrected chi connectivity index (χ0v) is 10.3. The first-order chi connectivity index (χ1) is 7.72. The molecule has 2 N–H and O–H groups in total. The molecule has 90 valence electrons. The Morgan fingerprint density at radius 2 is 2.06 bits per heavy atom. The fraction of sp³-hybridized carbons (Fsp3) is 0.833. The van der Waals surface area contributed by atoms with Crippen LogP contribution < -0.4 is 5.73 Å². The average molecular weight is 222 g/mol. The lowest BCUT2D eigenvalue weighted by atomic mass is 9.95. The number of hydrogen-bond acceptors (Lipinski definition) is 3. The summed E-state index contributed by atoms with van der Waals surface area (Å²) in [5, 5.41) is 4.42. The predicted molar refractivity (Wildman–Crippen MR) is 64.2 cm³/mol. The number of nitrogens with zero attached hydrogens (tertiary/aromatic N) is 3. The summed E-state index contributed by atoms with van der Waals surface area (Å²) in [6.07, 6.45) is 7.02. The van der Waals surface area contributed by atoms with Crippen LogP contribution in [0.3, 0.4) is 0 Å². The maximum Gasteiger partial charge on any atom is 0.150 e. The van der Waals surface area contributed by atoms with Crippen molar-refractivity contribution in [1.29, 1.82) is 0 Å². The molecule has 0 aliphatic heterocycles. The summed E-state index contributed by atoms with van der Waals surface area (Å²) in [6, 6.07) is 0.259. The Hall–Kier alpha value is -0.900. The second-order valence-electron chi connectivity index (χ2n) is 4.77. The van der Waals surface area contributed by atoms with E-state index in [9.17, 15) is 0 Å². The molecule has 2 atom stereocenters. The Labute approximate surface area is 97.2 Å². The third-order valence-corrected chi connectivity index (χ3v) is 3.56. The van der Waals surface area contributed by atoms with Crippen LogP contribution in [-0.4, -0.2) is 20.8 Å². The van der Waals surface area contributed by atoms with Crippen LogP contribution in [0.4, 0.5) is 0 Å². The van der Waals surface area contributed by atoms with Gasteiger partial charge in [-0.1, -0.05) is 26.2 Å². The van der Waals surface area contributed by atoms with E-state index >= 15 is 0 Å². The molecule has 0 spiro atoms. The van der Waals surface area contributed by atoms with Gasteiger partial charge in [0, 0.05) is 25.4 Å². The molecule has 16 heavy (non-hydrogen) atoms. The van der Waals surface area contributed by atoms with Crippen LogP contribution in [0, 0.1) is 0 Å². The SMILES string of the molecule is CCc1nc(C2CCCCCC2N)n(C)n1. The second-order valence-corrected chi connectivity index (χ2v) is 4.77. The summed E-state index contributed by atoms with van der Waals surface area (Å²) in [7, 11) is 1.99. The molecule has 1 aromatic rings. The van der Waals surface area contributed by atoms with Gasteiger partial charge in [0.1, 0.15) is 5.82 Å². The van der Waals surface area contributed by atoms with E-state index in [1.54, 1.807) is 0 Å². The van der Waals surface area contributed by atoms with Crippen LogP contribution in [0.5, 0.6) is 0 Å². The van der Waals surface area contributed by atoms with Gasteiger partial charge in [0.15, 0.2) is 5.82 Å². The van der Waals surface area contributed by atoms with Crippen molar-refractivity contribution in [1.82, 2.24) is 14.8 Å². The van der Waals surface area contributed by atoms with Crippen molar-refractivity contribution in [3.8, 4) is 0 Å². The van der Waals surface area contributed by atoms with E-state index in [1.165, 1.54) is 19.3 Å². The second kappa shape index (κ2) is 4.95. The Morgan fingerprint density at radius 1 is 1.31 bits per heavy atom. The van der Waals surface area contributed by atoms with Gasteiger partial charge in [-0.15, -0.1) is 0 Å². The van der Waals surface area contributed by atoms with Gasteiger partial charge in [-0.2, -0.15) is 5.10 Å². The molecule has 0 bridgehead atoms. The fourth-order valence-corrected chi connectivity index (χ4v) is 2.58. The lowest BCUT2D eigenvalue weighted by Crippen LogP contribution is -2.29. The minimum Gasteiger partial charge on any atom is -0.327 e. The van der Waals surface area contributed by atoms with Crippen LogP contribution in [0.2, 0.25) is 0 Å². The topological polar surface area (TPSA) is 56.7 Å². The predicted octanol–water partition coefficient (Wildman–Crippen LogP) is 1.75. The zero-order chi connectivity index (χ0) is 11.5. The number of hydrogen-bond donors (Lipinski definition) is 1. The van der Waals surface area contributed by atoms with Crippen LogP contribution >= 0.6 is 0 Å². The summed E-state index contributed by atoms with van der Waals surface area (Å²) in [6.45, 7) is 2.09. The van der Waals surface area contributed by atoms with Gasteiger partial charge < -0.3 is 5.73 Å². The van der Waals surface area contributed by atoms with Crippen molar-refractivity contribution < 1.29 is 0 Å². The molecule has 1 fully saturated rings. The van der Waals surface area contributed by atoms with Gasteiger partial charge in [-0.05, 0) is 12.8 Å². The molecule has 4 heteroatoms. The Bertz CT molecular complexity index is 345. The van der Waals surface area contributed by atoms with Crippen molar-refractivity contribution in [2.45, 2.75) is 57.4 Å². The average Bonchev–Trinajstić information content (AvgIpc) is 2.51. The van der Waals surface area contributed by atoms with Gasteiger partial charge in [0.05, 0.1) is 0 Å². The van der Waals surface area contributed by atoms with Crippen molar-refractivity contribution in [3.63, 3.8) is 0 Å². The molecular formula is C12H22N4. The summed E-state index contributed by atoms with van der Waals surface area (Å²) < 4.78 is 1.93. The highest BCUT2D eigenvalue weighted by Gasteiger charge is 2.26. The summed E-state index contributed by atoms with van der Waals surface area (Å²) in [5.74, 6) is 2.43. The summed E-state index contributed by atoms with van der Waals surface area (Å²) in [5.41, 5.74) is 6.25. The largest absolute Gasteiger partial charge is 0.327 e. The highest BCUT2D eigenvalue weighted by molar-refractivity contribution is 5.04. The van der Waals surface area contributed by atoms with Crippen molar-refractivity contribution >= 4 is 0 Å². The number of aromatic nitrogens is 3. The first-order valence-corrected chi connectivity index (χ1v) is 6.37. The molecular weight excluding hydrogens is 200 g/mol. The zero-order valence-electron chi connectivity index (χ0n) is 10.3. The smallest absolute Gasteiger partial charge is 0.150 e. The number of nitrogens with two attached hydrogens (primary N) is 1. The lowest BCUT2D eigenvalue weighted by molar-refractivity contribution is 0.465. The van der Waals surface area contributed by atoms with E-state index in [0.29, 0.717) is 5.92 Å². The van der Waals surface area contributed by atoms with E-state index in [0.717, 1.165) is 30.9 Å². The van der Waals surface area contributed by atoms with Crippen molar-refractivity contribution in [2.24, 2.45) is 12.8 Å². The van der Waals surface area contributed by atoms with Crippen molar-refractivity contribution in [2.75, 3.05) is 0 Å². The van der Waals surface area contributed by atoms with Crippen LogP contribution in [0.1, 0.15) is 56.6 Å². The highest BCUT2D eigenvalue weighted by atomic mass is 15.3. The molecule has 2 unspecified atom stereocenters. The van der Waals surface area contributed by atoms with Crippen LogP contribution in [-0.2, 0) is 13.5 Å². The standard InChI is InChI=1S/C12H22N4/c1-3-11-14-12(16(2)15-11)9-7-5-4-6-8-10(9)13/h9-10H,3-8,13H2,1-2H3. The molecule has 0 aromatic carbocycles. The molecule has 2 rings (SSSR count). The Balaban J connectivity index is 2.22. The van der Waals surface area contributed by atoms with Crippen molar-refractivity contribution in [3.05, 3.63) is 11.6 Å². The molecule has 4 nitrogen and oxygen atoms in total. The van der Waals surface area contributed by atoms with Gasteiger partial charge in [0.2, 0.25) is 0 Å². The van der Waals surface area contributed by atoms with Gasteiger partial charge >= 0.3 is 0 Å². The van der Waals surface area contributed by atoms with Crippen LogP contribution in [0.25, 0.3) is 0 Å². The highest BCUT2D eigenvalue weighted by Crippen LogP contribution is 2.29. The number of aryl methyl sites for hydroxylation is 2. The minimum absolute atomic E-state index is 0.259. The van der Waals surface area contributed by atoms with E-state index < -0.39 is 0 Å². The van der Waals surface area contributed by atoms with E-state index in [2.05, 4.69) is 17.0 Å². The van der Waals surface area contributed by atoms with E-state index in [-0.39, 0.29) is 6.04 Å². The van der Waals surface area contributed by atoms with Crippen LogP contribution in [0.15, 0.2) is 0 Å². The van der Waals surface area contributed by atoms with E-state index in [4.69, 9.17) is 5.73 Å². The molecule has 0 amide bonds. The Morgan fingerprint density at radius 3 is 2.75 bits per heavy atom. The fourth-order valence-electron chi connectivity index (χ4n) is 2.58. The quantitative estimate of drug-likeness (QED) is 0.776. The molecule has 1 aliphatic carbocycles. The van der Waals surface area contributed by atoms with E-state index in [1.807, 2.05) is 11.7 Å².